The Morgan fingerprint density at radius 2 is 1.66 bits per heavy atom. The van der Waals surface area contributed by atoms with E-state index in [1.807, 2.05) is 44.2 Å². The Balaban J connectivity index is 2.17. The predicted octanol–water partition coefficient (Wildman–Crippen LogP) is 3.69. The largest absolute Gasteiger partial charge is 0.444 e. The number of para-hydroxylation sites is 1. The SMILES string of the molecule is CCC(CC)(CNC(=O)OC(C)(C)C)NC(=O)Nc1c(C)n(C)n(-c2ccccc2)c1=O. The van der Waals surface area contributed by atoms with Crippen LogP contribution in [-0.4, -0.2) is 39.2 Å². The Labute approximate surface area is 189 Å². The van der Waals surface area contributed by atoms with Crippen LogP contribution in [0.2, 0.25) is 0 Å². The van der Waals surface area contributed by atoms with Gasteiger partial charge in [-0.15, -0.1) is 0 Å². The minimum absolute atomic E-state index is 0.199. The molecule has 1 aromatic carbocycles. The second-order valence-electron chi connectivity index (χ2n) is 8.86. The smallest absolute Gasteiger partial charge is 0.407 e. The van der Waals surface area contributed by atoms with E-state index in [0.717, 1.165) is 0 Å². The Bertz CT molecular complexity index is 998. The molecule has 1 heterocycles. The molecule has 2 aromatic rings. The van der Waals surface area contributed by atoms with Gasteiger partial charge in [-0.05, 0) is 52.7 Å². The van der Waals surface area contributed by atoms with Gasteiger partial charge in [-0.25, -0.2) is 14.3 Å². The number of nitrogens with zero attached hydrogens (tertiary/aromatic N) is 2. The lowest BCUT2D eigenvalue weighted by Crippen LogP contribution is -2.56. The summed E-state index contributed by atoms with van der Waals surface area (Å²) in [7, 11) is 1.76. The average Bonchev–Trinajstić information content (AvgIpc) is 2.93. The number of hydrogen-bond donors (Lipinski definition) is 3. The first-order chi connectivity index (χ1) is 14.9. The molecule has 176 valence electrons. The molecular weight excluding hydrogens is 410 g/mol. The number of alkyl carbamates (subject to hydrolysis) is 1. The van der Waals surface area contributed by atoms with Crippen molar-refractivity contribution in [2.75, 3.05) is 11.9 Å². The molecule has 9 nitrogen and oxygen atoms in total. The molecule has 3 amide bonds. The standard InChI is InChI=1S/C23H35N5O4/c1-8-23(9-2,15-24-21(31)32-22(4,5)6)26-20(30)25-18-16(3)27(7)28(19(18)29)17-13-11-10-12-14-17/h10-14H,8-9,15H2,1-7H3,(H,24,31)(H2,25,26,30). The molecule has 9 heteroatoms. The van der Waals surface area contributed by atoms with Crippen LogP contribution in [-0.2, 0) is 11.8 Å². The number of ether oxygens (including phenoxy) is 1. The molecule has 0 saturated carbocycles. The van der Waals surface area contributed by atoms with Crippen molar-refractivity contribution < 1.29 is 14.3 Å². The van der Waals surface area contributed by atoms with E-state index >= 15 is 0 Å². The molecule has 0 bridgehead atoms. The van der Waals surface area contributed by atoms with E-state index in [4.69, 9.17) is 4.74 Å². The second kappa shape index (κ2) is 9.93. The van der Waals surface area contributed by atoms with Crippen LogP contribution < -0.4 is 21.5 Å². The van der Waals surface area contributed by atoms with E-state index < -0.39 is 23.3 Å². The van der Waals surface area contributed by atoms with Crippen LogP contribution in [0, 0.1) is 6.92 Å². The van der Waals surface area contributed by atoms with Crippen molar-refractivity contribution in [2.45, 2.75) is 65.5 Å². The van der Waals surface area contributed by atoms with Gasteiger partial charge in [0.05, 0.1) is 16.9 Å². The highest BCUT2D eigenvalue weighted by molar-refractivity contribution is 5.90. The van der Waals surface area contributed by atoms with Gasteiger partial charge in [-0.3, -0.25) is 9.48 Å². The van der Waals surface area contributed by atoms with Gasteiger partial charge in [0, 0.05) is 13.6 Å². The topological polar surface area (TPSA) is 106 Å². The fraction of sp³-hybridized carbons (Fsp3) is 0.522. The number of aromatic nitrogens is 2. The van der Waals surface area contributed by atoms with Crippen molar-refractivity contribution in [1.82, 2.24) is 20.0 Å². The molecule has 0 aliphatic heterocycles. The molecule has 32 heavy (non-hydrogen) atoms. The zero-order chi connectivity index (χ0) is 24.1. The Kier molecular flexibility index (Phi) is 7.77. The van der Waals surface area contributed by atoms with Crippen molar-refractivity contribution in [3.63, 3.8) is 0 Å². The summed E-state index contributed by atoms with van der Waals surface area (Å²) in [5.74, 6) is 0. The fourth-order valence-corrected chi connectivity index (χ4v) is 3.37. The van der Waals surface area contributed by atoms with Gasteiger partial charge in [0.2, 0.25) is 0 Å². The molecule has 2 rings (SSSR count). The summed E-state index contributed by atoms with van der Waals surface area (Å²) in [6, 6.07) is 8.71. The first-order valence-electron chi connectivity index (χ1n) is 10.8. The summed E-state index contributed by atoms with van der Waals surface area (Å²) in [5.41, 5.74) is -0.0948. The van der Waals surface area contributed by atoms with E-state index in [2.05, 4.69) is 16.0 Å². The van der Waals surface area contributed by atoms with Crippen LogP contribution in [0.4, 0.5) is 15.3 Å². The summed E-state index contributed by atoms with van der Waals surface area (Å²) in [6.45, 7) is 11.2. The number of anilines is 1. The zero-order valence-electron chi connectivity index (χ0n) is 20.0. The molecule has 3 N–H and O–H groups in total. The van der Waals surface area contributed by atoms with E-state index in [-0.39, 0.29) is 17.8 Å². The fourth-order valence-electron chi connectivity index (χ4n) is 3.37. The molecule has 0 saturated heterocycles. The quantitative estimate of drug-likeness (QED) is 0.604. The second-order valence-corrected chi connectivity index (χ2v) is 8.86. The number of hydrogen-bond acceptors (Lipinski definition) is 4. The monoisotopic (exact) mass is 445 g/mol. The van der Waals surface area contributed by atoms with Gasteiger partial charge in [0.25, 0.3) is 5.56 Å². The van der Waals surface area contributed by atoms with Crippen molar-refractivity contribution in [1.29, 1.82) is 0 Å². The normalized spacial score (nSPS) is 11.7. The maximum Gasteiger partial charge on any atom is 0.407 e. The molecule has 0 aliphatic carbocycles. The van der Waals surface area contributed by atoms with E-state index in [1.54, 1.807) is 39.4 Å². The minimum atomic E-state index is -0.692. The Hall–Kier alpha value is -3.23. The number of amides is 3. The number of carbonyl (C=O) groups excluding carboxylic acids is 2. The summed E-state index contributed by atoms with van der Waals surface area (Å²) >= 11 is 0. The number of nitrogens with one attached hydrogen (secondary N) is 3. The van der Waals surface area contributed by atoms with E-state index in [9.17, 15) is 14.4 Å². The van der Waals surface area contributed by atoms with Crippen LogP contribution in [0.3, 0.4) is 0 Å². The molecule has 0 radical (unpaired) electrons. The van der Waals surface area contributed by atoms with Gasteiger partial charge < -0.3 is 20.7 Å². The Morgan fingerprint density at radius 3 is 2.19 bits per heavy atom. The molecule has 1 aromatic heterocycles. The van der Waals surface area contributed by atoms with Crippen molar-refractivity contribution >= 4 is 17.8 Å². The third kappa shape index (κ3) is 5.93. The van der Waals surface area contributed by atoms with Gasteiger partial charge in [0.15, 0.2) is 0 Å². The van der Waals surface area contributed by atoms with Gasteiger partial charge in [-0.1, -0.05) is 32.0 Å². The van der Waals surface area contributed by atoms with Gasteiger partial charge >= 0.3 is 12.1 Å². The summed E-state index contributed by atoms with van der Waals surface area (Å²) in [6.07, 6.45) is 0.611. The number of urea groups is 1. The lowest BCUT2D eigenvalue weighted by molar-refractivity contribution is 0.0509. The Morgan fingerprint density at radius 1 is 1.06 bits per heavy atom. The molecule has 0 unspecified atom stereocenters. The molecule has 0 fully saturated rings. The van der Waals surface area contributed by atoms with Crippen LogP contribution in [0.25, 0.3) is 5.69 Å². The third-order valence-electron chi connectivity index (χ3n) is 5.49. The average molecular weight is 446 g/mol. The van der Waals surface area contributed by atoms with Crippen molar-refractivity contribution in [3.05, 3.63) is 46.4 Å². The number of benzene rings is 1. The lowest BCUT2D eigenvalue weighted by Gasteiger charge is -2.33. The molecule has 0 aliphatic rings. The molecule has 0 atom stereocenters. The molecular formula is C23H35N5O4. The van der Waals surface area contributed by atoms with E-state index in [0.29, 0.717) is 24.2 Å². The number of carbonyl (C=O) groups is 2. The maximum atomic E-state index is 13.0. The van der Waals surface area contributed by atoms with E-state index in [1.165, 1.54) is 4.68 Å². The maximum absolute atomic E-state index is 13.0. The summed E-state index contributed by atoms with van der Waals surface area (Å²) < 4.78 is 8.49. The predicted molar refractivity (Wildman–Crippen MR) is 125 cm³/mol. The van der Waals surface area contributed by atoms with Crippen molar-refractivity contribution in [3.8, 4) is 5.69 Å². The lowest BCUT2D eigenvalue weighted by atomic mass is 9.93. The highest BCUT2D eigenvalue weighted by atomic mass is 16.6. The van der Waals surface area contributed by atoms with Crippen LogP contribution in [0.15, 0.2) is 35.1 Å². The summed E-state index contributed by atoms with van der Waals surface area (Å²) in [5, 5.41) is 8.39. The zero-order valence-corrected chi connectivity index (χ0v) is 20.0. The molecule has 0 spiro atoms. The first-order valence-corrected chi connectivity index (χ1v) is 10.8. The van der Waals surface area contributed by atoms with Crippen LogP contribution in [0.1, 0.15) is 53.2 Å². The third-order valence-corrected chi connectivity index (χ3v) is 5.49. The van der Waals surface area contributed by atoms with Crippen LogP contribution >= 0.6 is 0 Å². The van der Waals surface area contributed by atoms with Crippen LogP contribution in [0.5, 0.6) is 0 Å². The highest BCUT2D eigenvalue weighted by Crippen LogP contribution is 2.17. The minimum Gasteiger partial charge on any atom is -0.444 e. The highest BCUT2D eigenvalue weighted by Gasteiger charge is 2.30. The van der Waals surface area contributed by atoms with Gasteiger partial charge in [-0.2, -0.15) is 0 Å². The summed E-state index contributed by atoms with van der Waals surface area (Å²) in [4.78, 5) is 38.0. The number of rotatable bonds is 7. The van der Waals surface area contributed by atoms with Gasteiger partial charge in [0.1, 0.15) is 11.3 Å². The first kappa shape index (κ1) is 25.0. The van der Waals surface area contributed by atoms with Crippen molar-refractivity contribution in [2.24, 2.45) is 7.05 Å².